The first-order valence-corrected chi connectivity index (χ1v) is 8.16. The minimum atomic E-state index is -0.963. The zero-order chi connectivity index (χ0) is 19.1. The smallest absolute Gasteiger partial charge is 0.254 e. The minimum absolute atomic E-state index is 0.00807. The standard InChI is InChI=1S/C19H19F3N2O2/c1-2-24(12-13-4-3-5-14(20)10-13)18(25)8-9-23-19(26)16-7-6-15(21)11-17(16)22/h3-7,10-11H,2,8-9,12H2,1H3,(H,23,26). The summed E-state index contributed by atoms with van der Waals surface area (Å²) in [4.78, 5) is 25.7. The second-order valence-electron chi connectivity index (χ2n) is 5.67. The van der Waals surface area contributed by atoms with E-state index in [1.54, 1.807) is 19.1 Å². The van der Waals surface area contributed by atoms with Crippen LogP contribution < -0.4 is 5.32 Å². The van der Waals surface area contributed by atoms with Gasteiger partial charge in [-0.2, -0.15) is 0 Å². The number of carbonyl (C=O) groups excluding carboxylic acids is 2. The molecule has 2 amide bonds. The Labute approximate surface area is 149 Å². The first-order valence-electron chi connectivity index (χ1n) is 8.16. The summed E-state index contributed by atoms with van der Waals surface area (Å²) >= 11 is 0. The maximum atomic E-state index is 13.5. The van der Waals surface area contributed by atoms with E-state index in [1.807, 2.05) is 0 Å². The van der Waals surface area contributed by atoms with Crippen molar-refractivity contribution in [1.82, 2.24) is 10.2 Å². The van der Waals surface area contributed by atoms with Gasteiger partial charge in [-0.05, 0) is 36.8 Å². The summed E-state index contributed by atoms with van der Waals surface area (Å²) in [5.74, 6) is -3.06. The lowest BCUT2D eigenvalue weighted by Gasteiger charge is -2.21. The molecular weight excluding hydrogens is 345 g/mol. The number of hydrogen-bond acceptors (Lipinski definition) is 2. The Kier molecular flexibility index (Phi) is 6.77. The lowest BCUT2D eigenvalue weighted by atomic mass is 10.2. The molecule has 0 heterocycles. The summed E-state index contributed by atoms with van der Waals surface area (Å²) in [7, 11) is 0. The van der Waals surface area contributed by atoms with Gasteiger partial charge in [0.2, 0.25) is 5.91 Å². The molecule has 138 valence electrons. The van der Waals surface area contributed by atoms with Crippen LogP contribution in [0.5, 0.6) is 0 Å². The number of carbonyl (C=O) groups is 2. The quantitative estimate of drug-likeness (QED) is 0.820. The third kappa shape index (κ3) is 5.34. The van der Waals surface area contributed by atoms with Gasteiger partial charge >= 0.3 is 0 Å². The highest BCUT2D eigenvalue weighted by Crippen LogP contribution is 2.10. The van der Waals surface area contributed by atoms with E-state index in [0.717, 1.165) is 12.1 Å². The Morgan fingerprint density at radius 2 is 1.77 bits per heavy atom. The largest absolute Gasteiger partial charge is 0.351 e. The van der Waals surface area contributed by atoms with Crippen molar-refractivity contribution in [2.24, 2.45) is 0 Å². The van der Waals surface area contributed by atoms with Gasteiger partial charge < -0.3 is 10.2 Å². The molecule has 0 atom stereocenters. The maximum absolute atomic E-state index is 13.5. The molecule has 1 N–H and O–H groups in total. The van der Waals surface area contributed by atoms with Crippen molar-refractivity contribution in [3.8, 4) is 0 Å². The topological polar surface area (TPSA) is 49.4 Å². The number of hydrogen-bond donors (Lipinski definition) is 1. The molecule has 2 rings (SSSR count). The lowest BCUT2D eigenvalue weighted by Crippen LogP contribution is -2.34. The molecule has 0 saturated carbocycles. The minimum Gasteiger partial charge on any atom is -0.351 e. The van der Waals surface area contributed by atoms with Gasteiger partial charge in [-0.3, -0.25) is 9.59 Å². The average Bonchev–Trinajstić information content (AvgIpc) is 2.59. The van der Waals surface area contributed by atoms with Crippen LogP contribution >= 0.6 is 0 Å². The second kappa shape index (κ2) is 9.03. The fourth-order valence-corrected chi connectivity index (χ4v) is 2.44. The van der Waals surface area contributed by atoms with Gasteiger partial charge in [0, 0.05) is 32.1 Å². The molecule has 0 spiro atoms. The van der Waals surface area contributed by atoms with Crippen LogP contribution in [0, 0.1) is 17.5 Å². The highest BCUT2D eigenvalue weighted by atomic mass is 19.1. The molecule has 0 fully saturated rings. The van der Waals surface area contributed by atoms with Crippen LogP contribution in [0.25, 0.3) is 0 Å². The molecule has 4 nitrogen and oxygen atoms in total. The average molecular weight is 364 g/mol. The van der Waals surface area contributed by atoms with E-state index in [2.05, 4.69) is 5.32 Å². The predicted molar refractivity (Wildman–Crippen MR) is 90.8 cm³/mol. The van der Waals surface area contributed by atoms with Crippen molar-refractivity contribution in [3.63, 3.8) is 0 Å². The molecule has 0 aliphatic rings. The molecule has 0 aliphatic heterocycles. The molecular formula is C19H19F3N2O2. The van der Waals surface area contributed by atoms with Crippen molar-refractivity contribution < 1.29 is 22.8 Å². The van der Waals surface area contributed by atoms with Gasteiger partial charge in [0.25, 0.3) is 5.91 Å². The van der Waals surface area contributed by atoms with Crippen LogP contribution in [0.4, 0.5) is 13.2 Å². The second-order valence-corrected chi connectivity index (χ2v) is 5.67. The molecule has 2 aromatic carbocycles. The number of amides is 2. The van der Waals surface area contributed by atoms with E-state index in [1.165, 1.54) is 17.0 Å². The highest BCUT2D eigenvalue weighted by Gasteiger charge is 2.15. The highest BCUT2D eigenvalue weighted by molar-refractivity contribution is 5.94. The van der Waals surface area contributed by atoms with Crippen molar-refractivity contribution >= 4 is 11.8 Å². The van der Waals surface area contributed by atoms with Crippen LogP contribution in [-0.4, -0.2) is 29.8 Å². The number of nitrogens with one attached hydrogen (secondary N) is 1. The molecule has 0 radical (unpaired) electrons. The molecule has 0 aromatic heterocycles. The van der Waals surface area contributed by atoms with Gasteiger partial charge in [0.05, 0.1) is 5.56 Å². The zero-order valence-electron chi connectivity index (χ0n) is 14.3. The van der Waals surface area contributed by atoms with Crippen molar-refractivity contribution in [3.05, 3.63) is 71.0 Å². The summed E-state index contributed by atoms with van der Waals surface area (Å²) in [6, 6.07) is 8.63. The molecule has 7 heteroatoms. The van der Waals surface area contributed by atoms with Crippen LogP contribution in [0.3, 0.4) is 0 Å². The molecule has 0 bridgehead atoms. The van der Waals surface area contributed by atoms with Gasteiger partial charge in [0.1, 0.15) is 17.5 Å². The Hall–Kier alpha value is -2.83. The van der Waals surface area contributed by atoms with Crippen molar-refractivity contribution in [2.75, 3.05) is 13.1 Å². The number of benzene rings is 2. The Morgan fingerprint density at radius 1 is 1.04 bits per heavy atom. The summed E-state index contributed by atoms with van der Waals surface area (Å²) in [5.41, 5.74) is 0.378. The summed E-state index contributed by atoms with van der Waals surface area (Å²) in [5, 5.41) is 2.43. The molecule has 2 aromatic rings. The van der Waals surface area contributed by atoms with Gasteiger partial charge in [-0.15, -0.1) is 0 Å². The van der Waals surface area contributed by atoms with Crippen molar-refractivity contribution in [1.29, 1.82) is 0 Å². The maximum Gasteiger partial charge on any atom is 0.254 e. The third-order valence-electron chi connectivity index (χ3n) is 3.80. The summed E-state index contributed by atoms with van der Waals surface area (Å²) in [6.45, 7) is 2.49. The van der Waals surface area contributed by atoms with E-state index in [4.69, 9.17) is 0 Å². The van der Waals surface area contributed by atoms with E-state index >= 15 is 0 Å². The number of halogens is 3. The van der Waals surface area contributed by atoms with E-state index in [-0.39, 0.29) is 36.8 Å². The predicted octanol–water partition coefficient (Wildman–Crippen LogP) is 3.27. The van der Waals surface area contributed by atoms with Gasteiger partial charge in [-0.25, -0.2) is 13.2 Å². The molecule has 26 heavy (non-hydrogen) atoms. The van der Waals surface area contributed by atoms with Crippen LogP contribution in [-0.2, 0) is 11.3 Å². The SMILES string of the molecule is CCN(Cc1cccc(F)c1)C(=O)CCNC(=O)c1ccc(F)cc1F. The molecule has 0 unspecified atom stereocenters. The van der Waals surface area contributed by atoms with Crippen LogP contribution in [0.15, 0.2) is 42.5 Å². The third-order valence-corrected chi connectivity index (χ3v) is 3.80. The Balaban J connectivity index is 1.87. The number of nitrogens with zero attached hydrogens (tertiary/aromatic N) is 1. The fraction of sp³-hybridized carbons (Fsp3) is 0.263. The number of rotatable bonds is 7. The lowest BCUT2D eigenvalue weighted by molar-refractivity contribution is -0.131. The Bertz CT molecular complexity index is 796. The first kappa shape index (κ1) is 19.5. The van der Waals surface area contributed by atoms with Gasteiger partial charge in [0.15, 0.2) is 0 Å². The monoisotopic (exact) mass is 364 g/mol. The molecule has 0 aliphatic carbocycles. The van der Waals surface area contributed by atoms with E-state index < -0.39 is 17.5 Å². The normalized spacial score (nSPS) is 10.5. The summed E-state index contributed by atoms with van der Waals surface area (Å²) in [6.07, 6.45) is 0.0116. The van der Waals surface area contributed by atoms with Crippen LogP contribution in [0.1, 0.15) is 29.3 Å². The summed E-state index contributed by atoms with van der Waals surface area (Å²) < 4.78 is 39.6. The zero-order valence-corrected chi connectivity index (χ0v) is 14.3. The van der Waals surface area contributed by atoms with E-state index in [0.29, 0.717) is 18.2 Å². The van der Waals surface area contributed by atoms with Crippen LogP contribution in [0.2, 0.25) is 0 Å². The fourth-order valence-electron chi connectivity index (χ4n) is 2.44. The Morgan fingerprint density at radius 3 is 2.42 bits per heavy atom. The van der Waals surface area contributed by atoms with Crippen molar-refractivity contribution in [2.45, 2.75) is 19.9 Å². The van der Waals surface area contributed by atoms with E-state index in [9.17, 15) is 22.8 Å². The first-order chi connectivity index (χ1) is 12.4. The van der Waals surface area contributed by atoms with Gasteiger partial charge in [-0.1, -0.05) is 12.1 Å². The molecule has 0 saturated heterocycles.